The first-order chi connectivity index (χ1) is 12.4. The van der Waals surface area contributed by atoms with Crippen molar-refractivity contribution in [1.82, 2.24) is 0 Å². The molecule has 2 aromatic carbocycles. The molecule has 1 heterocycles. The maximum atomic E-state index is 12.8. The van der Waals surface area contributed by atoms with E-state index in [2.05, 4.69) is 0 Å². The van der Waals surface area contributed by atoms with E-state index in [-0.39, 0.29) is 17.4 Å². The molecule has 0 fully saturated rings. The molecule has 0 N–H and O–H groups in total. The SMILES string of the molecule is O=C(CSCc1ccc(Cl)cc1)N(c1ccccc1)[C@H]1C=CS(=O)(=O)C1. The lowest BCUT2D eigenvalue weighted by Gasteiger charge is -2.27. The molecule has 136 valence electrons. The Kier molecular flexibility index (Phi) is 6.06. The second kappa shape index (κ2) is 8.29. The highest BCUT2D eigenvalue weighted by Crippen LogP contribution is 2.24. The van der Waals surface area contributed by atoms with Gasteiger partial charge in [0.05, 0.1) is 17.5 Å². The summed E-state index contributed by atoms with van der Waals surface area (Å²) in [7, 11) is -3.24. The standard InChI is InChI=1S/C19H18ClNO3S2/c20-16-8-6-15(7-9-16)12-25-13-19(22)21(17-4-2-1-3-5-17)18-10-11-26(23,24)14-18/h1-11,18H,12-14H2/t18-/m0/s1. The summed E-state index contributed by atoms with van der Waals surface area (Å²) >= 11 is 7.37. The number of amides is 1. The van der Waals surface area contributed by atoms with Crippen molar-refractivity contribution in [3.05, 3.63) is 76.7 Å². The van der Waals surface area contributed by atoms with Gasteiger partial charge in [0.2, 0.25) is 5.91 Å². The number of thioether (sulfide) groups is 1. The van der Waals surface area contributed by atoms with Crippen LogP contribution in [0.3, 0.4) is 0 Å². The lowest BCUT2D eigenvalue weighted by Crippen LogP contribution is -2.42. The molecule has 1 atom stereocenters. The number of para-hydroxylation sites is 1. The van der Waals surface area contributed by atoms with Gasteiger partial charge in [-0.2, -0.15) is 0 Å². The van der Waals surface area contributed by atoms with Crippen LogP contribution in [0.2, 0.25) is 5.02 Å². The van der Waals surface area contributed by atoms with E-state index in [4.69, 9.17) is 11.6 Å². The predicted molar refractivity (Wildman–Crippen MR) is 108 cm³/mol. The maximum Gasteiger partial charge on any atom is 0.237 e. The maximum absolute atomic E-state index is 12.8. The Morgan fingerprint density at radius 3 is 2.42 bits per heavy atom. The molecule has 4 nitrogen and oxygen atoms in total. The number of nitrogens with zero attached hydrogens (tertiary/aromatic N) is 1. The van der Waals surface area contributed by atoms with Crippen LogP contribution in [0.15, 0.2) is 66.1 Å². The number of sulfone groups is 1. The van der Waals surface area contributed by atoms with E-state index in [1.807, 2.05) is 54.6 Å². The first kappa shape index (κ1) is 19.0. The van der Waals surface area contributed by atoms with Crippen molar-refractivity contribution >= 4 is 44.8 Å². The molecule has 7 heteroatoms. The number of carbonyl (C=O) groups excluding carboxylic acids is 1. The Morgan fingerprint density at radius 1 is 1.12 bits per heavy atom. The van der Waals surface area contributed by atoms with Crippen molar-refractivity contribution in [2.45, 2.75) is 11.8 Å². The monoisotopic (exact) mass is 407 g/mol. The molecule has 0 saturated heterocycles. The molecule has 1 amide bonds. The Morgan fingerprint density at radius 2 is 1.81 bits per heavy atom. The van der Waals surface area contributed by atoms with Gasteiger partial charge in [-0.1, -0.05) is 41.9 Å². The van der Waals surface area contributed by atoms with Crippen molar-refractivity contribution in [2.75, 3.05) is 16.4 Å². The molecule has 0 aromatic heterocycles. The summed E-state index contributed by atoms with van der Waals surface area (Å²) in [5, 5.41) is 1.88. The summed E-state index contributed by atoms with van der Waals surface area (Å²) in [6.07, 6.45) is 1.59. The third-order valence-corrected chi connectivity index (χ3v) is 6.57. The van der Waals surface area contributed by atoms with Gasteiger partial charge < -0.3 is 4.90 Å². The van der Waals surface area contributed by atoms with Gasteiger partial charge in [0.1, 0.15) is 0 Å². The van der Waals surface area contributed by atoms with Gasteiger partial charge >= 0.3 is 0 Å². The van der Waals surface area contributed by atoms with Crippen LogP contribution in [-0.4, -0.2) is 31.9 Å². The van der Waals surface area contributed by atoms with Gasteiger partial charge in [-0.25, -0.2) is 8.42 Å². The van der Waals surface area contributed by atoms with Crippen molar-refractivity contribution in [3.8, 4) is 0 Å². The molecule has 0 spiro atoms. The third kappa shape index (κ3) is 4.90. The number of hydrogen-bond acceptors (Lipinski definition) is 4. The van der Waals surface area contributed by atoms with E-state index in [1.165, 1.54) is 17.2 Å². The zero-order chi connectivity index (χ0) is 18.6. The molecule has 0 saturated carbocycles. The summed E-state index contributed by atoms with van der Waals surface area (Å²) in [6.45, 7) is 0. The van der Waals surface area contributed by atoms with Gasteiger partial charge in [-0.15, -0.1) is 11.8 Å². The van der Waals surface area contributed by atoms with Gasteiger partial charge in [0, 0.05) is 21.9 Å². The van der Waals surface area contributed by atoms with Crippen molar-refractivity contribution in [1.29, 1.82) is 0 Å². The molecular formula is C19H18ClNO3S2. The van der Waals surface area contributed by atoms with E-state index in [0.717, 1.165) is 5.56 Å². The topological polar surface area (TPSA) is 54.5 Å². The smallest absolute Gasteiger partial charge is 0.237 e. The van der Waals surface area contributed by atoms with Gasteiger partial charge in [0.15, 0.2) is 9.84 Å². The zero-order valence-electron chi connectivity index (χ0n) is 13.9. The first-order valence-electron chi connectivity index (χ1n) is 8.05. The van der Waals surface area contributed by atoms with Crippen LogP contribution in [0.4, 0.5) is 5.69 Å². The van der Waals surface area contributed by atoms with Crippen LogP contribution >= 0.6 is 23.4 Å². The molecule has 1 aliphatic rings. The number of rotatable bonds is 6. The zero-order valence-corrected chi connectivity index (χ0v) is 16.3. The van der Waals surface area contributed by atoms with Crippen LogP contribution in [0.25, 0.3) is 0 Å². The highest BCUT2D eigenvalue weighted by Gasteiger charge is 2.31. The largest absolute Gasteiger partial charge is 0.304 e. The van der Waals surface area contributed by atoms with E-state index >= 15 is 0 Å². The van der Waals surface area contributed by atoms with Gasteiger partial charge in [-0.3, -0.25) is 4.79 Å². The van der Waals surface area contributed by atoms with Crippen molar-refractivity contribution in [3.63, 3.8) is 0 Å². The molecule has 3 rings (SSSR count). The molecule has 26 heavy (non-hydrogen) atoms. The number of halogens is 1. The molecule has 0 radical (unpaired) electrons. The van der Waals surface area contributed by atoms with Crippen LogP contribution < -0.4 is 4.90 Å². The second-order valence-corrected chi connectivity index (χ2v) is 9.30. The summed E-state index contributed by atoms with van der Waals surface area (Å²) in [5.41, 5.74) is 1.79. The Bertz CT molecular complexity index is 896. The number of benzene rings is 2. The van der Waals surface area contributed by atoms with Gasteiger partial charge in [-0.05, 0) is 35.9 Å². The summed E-state index contributed by atoms with van der Waals surface area (Å²) in [5.74, 6) is 0.767. The molecule has 2 aromatic rings. The van der Waals surface area contributed by atoms with E-state index in [9.17, 15) is 13.2 Å². The Balaban J connectivity index is 1.69. The molecular weight excluding hydrogens is 390 g/mol. The average Bonchev–Trinajstić information content (AvgIpc) is 2.97. The van der Waals surface area contributed by atoms with Crippen molar-refractivity contribution in [2.24, 2.45) is 0 Å². The lowest BCUT2D eigenvalue weighted by molar-refractivity contribution is -0.116. The number of anilines is 1. The van der Waals surface area contributed by atoms with E-state index in [1.54, 1.807) is 11.0 Å². The van der Waals surface area contributed by atoms with Crippen LogP contribution in [-0.2, 0) is 20.4 Å². The highest BCUT2D eigenvalue weighted by molar-refractivity contribution is 7.99. The van der Waals surface area contributed by atoms with E-state index in [0.29, 0.717) is 16.5 Å². The summed E-state index contributed by atoms with van der Waals surface area (Å²) < 4.78 is 23.6. The predicted octanol–water partition coefficient (Wildman–Crippen LogP) is 3.92. The minimum Gasteiger partial charge on any atom is -0.304 e. The molecule has 0 aliphatic carbocycles. The average molecular weight is 408 g/mol. The fraction of sp³-hybridized carbons (Fsp3) is 0.211. The van der Waals surface area contributed by atoms with Crippen LogP contribution in [0.1, 0.15) is 5.56 Å². The molecule has 0 bridgehead atoms. The van der Waals surface area contributed by atoms with Crippen LogP contribution in [0.5, 0.6) is 0 Å². The minimum absolute atomic E-state index is 0.0739. The molecule has 0 unspecified atom stereocenters. The number of carbonyl (C=O) groups is 1. The summed E-state index contributed by atoms with van der Waals surface area (Å²) in [4.78, 5) is 14.4. The quantitative estimate of drug-likeness (QED) is 0.728. The van der Waals surface area contributed by atoms with Gasteiger partial charge in [0.25, 0.3) is 0 Å². The first-order valence-corrected chi connectivity index (χ1v) is 11.3. The normalized spacial score (nSPS) is 18.0. The fourth-order valence-electron chi connectivity index (χ4n) is 2.74. The van der Waals surface area contributed by atoms with E-state index < -0.39 is 15.9 Å². The molecule has 1 aliphatic heterocycles. The third-order valence-electron chi connectivity index (χ3n) is 3.95. The lowest BCUT2D eigenvalue weighted by atomic mass is 10.2. The Labute approximate surface area is 162 Å². The minimum atomic E-state index is -3.24. The Hall–Kier alpha value is -1.76. The van der Waals surface area contributed by atoms with Crippen molar-refractivity contribution < 1.29 is 13.2 Å². The highest BCUT2D eigenvalue weighted by atomic mass is 35.5. The fourth-order valence-corrected chi connectivity index (χ4v) is 4.97. The number of hydrogen-bond donors (Lipinski definition) is 0. The summed E-state index contributed by atoms with van der Waals surface area (Å²) in [6, 6.07) is 16.2. The van der Waals surface area contributed by atoms with Crippen LogP contribution in [0, 0.1) is 0 Å². The second-order valence-electron chi connectivity index (χ2n) is 5.94.